The van der Waals surface area contributed by atoms with Crippen molar-refractivity contribution in [3.05, 3.63) is 35.9 Å². The number of nitrogens with zero attached hydrogens (tertiary/aromatic N) is 1. The van der Waals surface area contributed by atoms with Gasteiger partial charge in [0.15, 0.2) is 0 Å². The summed E-state index contributed by atoms with van der Waals surface area (Å²) in [7, 11) is 1.77. The molecule has 0 bridgehead atoms. The molecule has 0 aliphatic carbocycles. The zero-order chi connectivity index (χ0) is 13.5. The number of benzene rings is 1. The molecule has 0 spiro atoms. The number of hydrogen-bond acceptors (Lipinski definition) is 3. The number of likely N-dealkylation sites (tertiary alicyclic amines) is 1. The summed E-state index contributed by atoms with van der Waals surface area (Å²) in [6, 6.07) is 11.4. The van der Waals surface area contributed by atoms with Crippen LogP contribution in [0.2, 0.25) is 0 Å². The minimum atomic E-state index is 0.308. The predicted molar refractivity (Wildman–Crippen MR) is 79.2 cm³/mol. The molecular weight excluding hydrogens is 236 g/mol. The molecule has 106 valence electrons. The number of ether oxygens (including phenoxy) is 1. The molecule has 3 heteroatoms. The van der Waals surface area contributed by atoms with Crippen LogP contribution in [0, 0.1) is 0 Å². The summed E-state index contributed by atoms with van der Waals surface area (Å²) < 4.78 is 5.27. The Balaban J connectivity index is 1.68. The zero-order valence-electron chi connectivity index (χ0n) is 12.1. The van der Waals surface area contributed by atoms with Crippen molar-refractivity contribution >= 4 is 0 Å². The van der Waals surface area contributed by atoms with Gasteiger partial charge in [-0.25, -0.2) is 0 Å². The maximum Gasteiger partial charge on any atom is 0.0667 e. The highest BCUT2D eigenvalue weighted by Crippen LogP contribution is 2.13. The molecule has 3 nitrogen and oxygen atoms in total. The van der Waals surface area contributed by atoms with Gasteiger partial charge in [0.25, 0.3) is 0 Å². The molecule has 0 aromatic heterocycles. The van der Waals surface area contributed by atoms with E-state index in [9.17, 15) is 0 Å². The number of methoxy groups -OCH3 is 1. The Kier molecular flexibility index (Phi) is 5.83. The summed E-state index contributed by atoms with van der Waals surface area (Å²) >= 11 is 0. The summed E-state index contributed by atoms with van der Waals surface area (Å²) in [6.07, 6.45) is 2.79. The van der Waals surface area contributed by atoms with Crippen LogP contribution >= 0.6 is 0 Å². The quantitative estimate of drug-likeness (QED) is 0.851. The maximum atomic E-state index is 5.27. The summed E-state index contributed by atoms with van der Waals surface area (Å²) in [4.78, 5) is 2.55. The minimum absolute atomic E-state index is 0.308. The van der Waals surface area contributed by atoms with Gasteiger partial charge in [0.1, 0.15) is 0 Å². The van der Waals surface area contributed by atoms with E-state index in [0.717, 1.165) is 13.1 Å². The third-order valence-electron chi connectivity index (χ3n) is 3.93. The molecule has 0 saturated carbocycles. The monoisotopic (exact) mass is 262 g/mol. The maximum absolute atomic E-state index is 5.27. The van der Waals surface area contributed by atoms with E-state index in [1.165, 1.54) is 31.5 Å². The van der Waals surface area contributed by atoms with Crippen molar-refractivity contribution in [1.29, 1.82) is 0 Å². The van der Waals surface area contributed by atoms with E-state index in [-0.39, 0.29) is 0 Å². The van der Waals surface area contributed by atoms with Gasteiger partial charge < -0.3 is 10.1 Å². The Hall–Kier alpha value is -0.900. The van der Waals surface area contributed by atoms with Crippen LogP contribution in [-0.4, -0.2) is 43.8 Å². The van der Waals surface area contributed by atoms with Crippen LogP contribution in [0.1, 0.15) is 25.3 Å². The fraction of sp³-hybridized carbons (Fsp3) is 0.625. The van der Waals surface area contributed by atoms with Crippen molar-refractivity contribution < 1.29 is 4.74 Å². The third-order valence-corrected chi connectivity index (χ3v) is 3.93. The normalized spacial score (nSPS) is 19.5. The predicted octanol–water partition coefficient (Wildman–Crippen LogP) is 2.28. The average molecular weight is 262 g/mol. The molecule has 1 fully saturated rings. The molecule has 1 aromatic carbocycles. The molecule has 2 rings (SSSR count). The molecule has 19 heavy (non-hydrogen) atoms. The summed E-state index contributed by atoms with van der Waals surface area (Å²) in [5.41, 5.74) is 1.42. The molecule has 0 amide bonds. The van der Waals surface area contributed by atoms with E-state index in [1.807, 2.05) is 0 Å². The van der Waals surface area contributed by atoms with Crippen LogP contribution < -0.4 is 5.32 Å². The molecule has 1 aliphatic rings. The lowest BCUT2D eigenvalue weighted by molar-refractivity contribution is 0.108. The summed E-state index contributed by atoms with van der Waals surface area (Å²) in [5, 5.41) is 3.61. The average Bonchev–Trinajstić information content (AvgIpc) is 2.47. The van der Waals surface area contributed by atoms with Gasteiger partial charge in [-0.05, 0) is 38.4 Å². The standard InChI is InChI=1S/C16H26N2O/c1-14(19-2)12-17-16-8-10-18(11-9-16)13-15-6-4-3-5-7-15/h3-7,14,16-17H,8-13H2,1-2H3. The van der Waals surface area contributed by atoms with Gasteiger partial charge >= 0.3 is 0 Å². The molecule has 0 radical (unpaired) electrons. The van der Waals surface area contributed by atoms with E-state index >= 15 is 0 Å². The van der Waals surface area contributed by atoms with Gasteiger partial charge in [0, 0.05) is 26.2 Å². The van der Waals surface area contributed by atoms with Gasteiger partial charge in [0.05, 0.1) is 6.10 Å². The first kappa shape index (κ1) is 14.5. The Morgan fingerprint density at radius 2 is 1.95 bits per heavy atom. The fourth-order valence-corrected chi connectivity index (χ4v) is 2.55. The second-order valence-electron chi connectivity index (χ2n) is 5.49. The minimum Gasteiger partial charge on any atom is -0.380 e. The highest BCUT2D eigenvalue weighted by atomic mass is 16.5. The molecule has 1 unspecified atom stereocenters. The molecule has 1 saturated heterocycles. The van der Waals surface area contributed by atoms with E-state index in [0.29, 0.717) is 12.1 Å². The van der Waals surface area contributed by atoms with Crippen LogP contribution in [0.25, 0.3) is 0 Å². The van der Waals surface area contributed by atoms with Crippen molar-refractivity contribution in [2.75, 3.05) is 26.7 Å². The van der Waals surface area contributed by atoms with Crippen LogP contribution in [0.5, 0.6) is 0 Å². The third kappa shape index (κ3) is 4.94. The van der Waals surface area contributed by atoms with Crippen LogP contribution in [0.4, 0.5) is 0 Å². The van der Waals surface area contributed by atoms with E-state index < -0.39 is 0 Å². The summed E-state index contributed by atoms with van der Waals surface area (Å²) in [5.74, 6) is 0. The first-order valence-electron chi connectivity index (χ1n) is 7.30. The Bertz CT molecular complexity index is 347. The number of rotatable bonds is 6. The van der Waals surface area contributed by atoms with E-state index in [2.05, 4.69) is 47.5 Å². The second-order valence-corrected chi connectivity index (χ2v) is 5.49. The topological polar surface area (TPSA) is 24.5 Å². The number of nitrogens with one attached hydrogen (secondary N) is 1. The lowest BCUT2D eigenvalue weighted by Crippen LogP contribution is -2.44. The lowest BCUT2D eigenvalue weighted by atomic mass is 10.0. The molecule has 1 atom stereocenters. The lowest BCUT2D eigenvalue weighted by Gasteiger charge is -2.33. The first-order valence-corrected chi connectivity index (χ1v) is 7.30. The van der Waals surface area contributed by atoms with Crippen LogP contribution in [-0.2, 0) is 11.3 Å². The van der Waals surface area contributed by atoms with Gasteiger partial charge in [-0.15, -0.1) is 0 Å². The van der Waals surface area contributed by atoms with Gasteiger partial charge in [-0.1, -0.05) is 30.3 Å². The summed E-state index contributed by atoms with van der Waals surface area (Å²) in [6.45, 7) is 6.53. The SMILES string of the molecule is COC(C)CNC1CCN(Cc2ccccc2)CC1. The van der Waals surface area contributed by atoms with Crippen molar-refractivity contribution in [3.8, 4) is 0 Å². The van der Waals surface area contributed by atoms with E-state index in [1.54, 1.807) is 7.11 Å². The Labute approximate surface area is 116 Å². The Morgan fingerprint density at radius 1 is 1.26 bits per heavy atom. The van der Waals surface area contributed by atoms with Gasteiger partial charge in [-0.2, -0.15) is 0 Å². The van der Waals surface area contributed by atoms with Crippen LogP contribution in [0.15, 0.2) is 30.3 Å². The Morgan fingerprint density at radius 3 is 2.58 bits per heavy atom. The number of piperidine rings is 1. The highest BCUT2D eigenvalue weighted by molar-refractivity contribution is 5.14. The second kappa shape index (κ2) is 7.63. The van der Waals surface area contributed by atoms with Gasteiger partial charge in [-0.3, -0.25) is 4.90 Å². The molecule has 1 heterocycles. The first-order chi connectivity index (χ1) is 9.28. The van der Waals surface area contributed by atoms with E-state index in [4.69, 9.17) is 4.74 Å². The molecule has 1 aromatic rings. The molecular formula is C16H26N2O. The van der Waals surface area contributed by atoms with Crippen molar-refractivity contribution in [2.24, 2.45) is 0 Å². The smallest absolute Gasteiger partial charge is 0.0667 e. The highest BCUT2D eigenvalue weighted by Gasteiger charge is 2.19. The fourth-order valence-electron chi connectivity index (χ4n) is 2.55. The largest absolute Gasteiger partial charge is 0.380 e. The molecule has 1 aliphatic heterocycles. The van der Waals surface area contributed by atoms with Crippen molar-refractivity contribution in [2.45, 2.75) is 38.5 Å². The van der Waals surface area contributed by atoms with Crippen molar-refractivity contribution in [3.63, 3.8) is 0 Å². The van der Waals surface area contributed by atoms with Crippen LogP contribution in [0.3, 0.4) is 0 Å². The molecule has 1 N–H and O–H groups in total. The number of hydrogen-bond donors (Lipinski definition) is 1. The van der Waals surface area contributed by atoms with Gasteiger partial charge in [0.2, 0.25) is 0 Å². The van der Waals surface area contributed by atoms with Crippen molar-refractivity contribution in [1.82, 2.24) is 10.2 Å². The zero-order valence-corrected chi connectivity index (χ0v) is 12.1.